The van der Waals surface area contributed by atoms with Crippen LogP contribution >= 0.6 is 0 Å². The van der Waals surface area contributed by atoms with Crippen molar-refractivity contribution >= 4 is 73.0 Å². The van der Waals surface area contributed by atoms with E-state index < -0.39 is 0 Å². The van der Waals surface area contributed by atoms with Gasteiger partial charge in [0, 0.05) is 85.3 Å². The molecule has 5 nitrogen and oxygen atoms in total. The molecule has 0 bridgehead atoms. The van der Waals surface area contributed by atoms with Crippen LogP contribution in [-0.4, -0.2) is 9.55 Å². The Labute approximate surface area is 356 Å². The number of pyridine rings is 1. The van der Waals surface area contributed by atoms with Crippen LogP contribution in [0, 0.1) is 0 Å². The van der Waals surface area contributed by atoms with Gasteiger partial charge in [0.1, 0.15) is 0 Å². The molecular weight excluding hydrogens is 743 g/mol. The lowest BCUT2D eigenvalue weighted by Crippen LogP contribution is -2.27. The topological polar surface area (TPSA) is 27.5 Å². The molecule has 0 N–H and O–H groups in total. The van der Waals surface area contributed by atoms with Gasteiger partial charge in [0.25, 0.3) is 0 Å². The summed E-state index contributed by atoms with van der Waals surface area (Å²) in [4.78, 5) is 11.7. The van der Waals surface area contributed by atoms with Gasteiger partial charge in [-0.15, -0.1) is 0 Å². The number of anilines is 9. The zero-order chi connectivity index (χ0) is 40.9. The number of fused-ring (bicyclic) bond motifs is 5. The van der Waals surface area contributed by atoms with Crippen molar-refractivity contribution in [3.8, 4) is 5.69 Å². The molecule has 0 spiro atoms. The van der Waals surface area contributed by atoms with Crippen LogP contribution in [0.2, 0.25) is 0 Å². The lowest BCUT2D eigenvalue weighted by Gasteiger charge is -2.36. The monoisotopic (exact) mass is 785 g/mol. The second-order valence-corrected chi connectivity index (χ2v) is 16.1. The van der Waals surface area contributed by atoms with E-state index in [1.807, 2.05) is 6.20 Å². The first-order valence-corrected chi connectivity index (χ1v) is 20.9. The van der Waals surface area contributed by atoms with Crippen LogP contribution in [0.25, 0.3) is 27.5 Å². The number of hydrogen-bond donors (Lipinski definition) is 0. The Morgan fingerprint density at radius 2 is 0.770 bits per heavy atom. The Kier molecular flexibility index (Phi) is 8.75. The second kappa shape index (κ2) is 14.7. The van der Waals surface area contributed by atoms with Gasteiger partial charge in [-0.25, -0.2) is 0 Å². The first-order chi connectivity index (χ1) is 30.0. The van der Waals surface area contributed by atoms with E-state index in [4.69, 9.17) is 0 Å². The van der Waals surface area contributed by atoms with Crippen LogP contribution in [0.4, 0.5) is 51.2 Å². The number of hydrogen-bond acceptors (Lipinski definition) is 4. The number of aromatic nitrogens is 2. The third-order valence-electron chi connectivity index (χ3n) is 12.2. The van der Waals surface area contributed by atoms with E-state index in [0.717, 1.165) is 51.2 Å². The fourth-order valence-electron chi connectivity index (χ4n) is 9.30. The highest BCUT2D eigenvalue weighted by atomic mass is 15.2. The summed E-state index contributed by atoms with van der Waals surface area (Å²) in [6.45, 7) is 4.68. The number of para-hydroxylation sites is 5. The highest BCUT2D eigenvalue weighted by Crippen LogP contribution is 2.50. The maximum Gasteiger partial charge on any atom is 0.0583 e. The van der Waals surface area contributed by atoms with Gasteiger partial charge < -0.3 is 19.3 Å². The summed E-state index contributed by atoms with van der Waals surface area (Å²) < 4.78 is 2.45. The molecule has 8 aromatic carbocycles. The minimum atomic E-state index is -0.306. The Bertz CT molecular complexity index is 2940. The fraction of sp³-hybridized carbons (Fsp3) is 0.0536. The van der Waals surface area contributed by atoms with Gasteiger partial charge in [-0.2, -0.15) is 0 Å². The van der Waals surface area contributed by atoms with Crippen LogP contribution < -0.4 is 14.7 Å². The van der Waals surface area contributed by atoms with E-state index in [0.29, 0.717) is 0 Å². The van der Waals surface area contributed by atoms with E-state index in [2.05, 4.69) is 257 Å². The van der Waals surface area contributed by atoms with E-state index in [1.165, 1.54) is 38.6 Å². The molecule has 0 saturated carbocycles. The molecule has 0 fully saturated rings. The molecule has 2 aromatic heterocycles. The van der Waals surface area contributed by atoms with Gasteiger partial charge in [-0.05, 0) is 127 Å². The number of nitrogens with zero attached hydrogens (tertiary/aromatic N) is 5. The minimum Gasteiger partial charge on any atom is -0.311 e. The average molecular weight is 786 g/mol. The molecule has 0 unspecified atom stereocenters. The third kappa shape index (κ3) is 6.13. The molecule has 0 atom stereocenters. The summed E-state index contributed by atoms with van der Waals surface area (Å²) in [5, 5.41) is 2.46. The van der Waals surface area contributed by atoms with E-state index >= 15 is 0 Å². The van der Waals surface area contributed by atoms with Gasteiger partial charge in [0.2, 0.25) is 0 Å². The van der Waals surface area contributed by atoms with Gasteiger partial charge in [0.15, 0.2) is 0 Å². The van der Waals surface area contributed by atoms with Crippen molar-refractivity contribution in [3.63, 3.8) is 0 Å². The van der Waals surface area contributed by atoms with Crippen molar-refractivity contribution in [2.45, 2.75) is 19.3 Å². The molecular formula is C56H43N5. The summed E-state index contributed by atoms with van der Waals surface area (Å²) in [6.07, 6.45) is 3.97. The summed E-state index contributed by atoms with van der Waals surface area (Å²) in [5.41, 5.74) is 15.6. The summed E-state index contributed by atoms with van der Waals surface area (Å²) in [7, 11) is 0. The fourth-order valence-corrected chi connectivity index (χ4v) is 9.30. The van der Waals surface area contributed by atoms with Crippen molar-refractivity contribution in [1.82, 2.24) is 9.55 Å². The smallest absolute Gasteiger partial charge is 0.0583 e. The number of rotatable bonds is 9. The van der Waals surface area contributed by atoms with Crippen molar-refractivity contribution in [1.29, 1.82) is 0 Å². The molecule has 0 aliphatic carbocycles. The lowest BCUT2D eigenvalue weighted by atomic mass is 9.75. The molecule has 5 heteroatoms. The standard InChI is InChI=1S/C56H43N5/c1-56(2)51-38-48(37-50-49-25-15-16-26-53(49)61(55(50)51)54-35-36-57-39-52(54)56)60(46-31-27-44(28-32-46)58(40-17-7-3-8-18-40)41-19-9-4-10-20-41)47-33-29-45(30-34-47)59(42-21-11-5-12-22-42)43-23-13-6-14-24-43/h3-39H,1-2H3. The van der Waals surface area contributed by atoms with E-state index in [1.54, 1.807) is 0 Å². The molecule has 61 heavy (non-hydrogen) atoms. The van der Waals surface area contributed by atoms with Crippen LogP contribution in [-0.2, 0) is 5.41 Å². The van der Waals surface area contributed by atoms with Crippen LogP contribution in [0.5, 0.6) is 0 Å². The summed E-state index contributed by atoms with van der Waals surface area (Å²) in [6, 6.07) is 76.1. The third-order valence-corrected chi connectivity index (χ3v) is 12.2. The second-order valence-electron chi connectivity index (χ2n) is 16.1. The molecule has 3 heterocycles. The van der Waals surface area contributed by atoms with E-state index in [-0.39, 0.29) is 5.41 Å². The molecule has 292 valence electrons. The Morgan fingerprint density at radius 3 is 1.23 bits per heavy atom. The summed E-state index contributed by atoms with van der Waals surface area (Å²) >= 11 is 0. The molecule has 11 rings (SSSR count). The summed E-state index contributed by atoms with van der Waals surface area (Å²) in [5.74, 6) is 0. The first-order valence-electron chi connectivity index (χ1n) is 20.9. The Morgan fingerprint density at radius 1 is 0.377 bits per heavy atom. The SMILES string of the molecule is CC1(C)c2cnccc2-n2c3ccccc3c3cc(N(c4ccc(N(c5ccccc5)c5ccccc5)cc4)c4ccc(N(c5ccccc5)c5ccccc5)cc4)cc1c32. The van der Waals surface area contributed by atoms with Crippen LogP contribution in [0.3, 0.4) is 0 Å². The predicted molar refractivity (Wildman–Crippen MR) is 255 cm³/mol. The molecule has 1 aliphatic heterocycles. The quantitative estimate of drug-likeness (QED) is 0.146. The van der Waals surface area contributed by atoms with Crippen molar-refractivity contribution in [2.24, 2.45) is 0 Å². The van der Waals surface area contributed by atoms with Gasteiger partial charge >= 0.3 is 0 Å². The van der Waals surface area contributed by atoms with Crippen molar-refractivity contribution < 1.29 is 0 Å². The van der Waals surface area contributed by atoms with Gasteiger partial charge in [0.05, 0.1) is 16.7 Å². The molecule has 1 aliphatic rings. The zero-order valence-corrected chi connectivity index (χ0v) is 34.1. The lowest BCUT2D eigenvalue weighted by molar-refractivity contribution is 0.626. The maximum atomic E-state index is 4.65. The first kappa shape index (κ1) is 36.2. The van der Waals surface area contributed by atoms with Crippen LogP contribution in [0.15, 0.2) is 225 Å². The molecule has 0 saturated heterocycles. The predicted octanol–water partition coefficient (Wildman–Crippen LogP) is 15.2. The van der Waals surface area contributed by atoms with Gasteiger partial charge in [-0.1, -0.05) is 105 Å². The minimum absolute atomic E-state index is 0.306. The van der Waals surface area contributed by atoms with Crippen molar-refractivity contribution in [3.05, 3.63) is 236 Å². The van der Waals surface area contributed by atoms with Gasteiger partial charge in [-0.3, -0.25) is 4.98 Å². The largest absolute Gasteiger partial charge is 0.311 e. The maximum absolute atomic E-state index is 4.65. The normalized spacial score (nSPS) is 12.6. The zero-order valence-electron chi connectivity index (χ0n) is 34.1. The molecule has 0 radical (unpaired) electrons. The van der Waals surface area contributed by atoms with E-state index in [9.17, 15) is 0 Å². The van der Waals surface area contributed by atoms with Crippen molar-refractivity contribution in [2.75, 3.05) is 14.7 Å². The molecule has 0 amide bonds. The van der Waals surface area contributed by atoms with Crippen LogP contribution in [0.1, 0.15) is 25.0 Å². The Balaban J connectivity index is 1.11. The molecule has 10 aromatic rings. The highest BCUT2D eigenvalue weighted by Gasteiger charge is 2.36. The average Bonchev–Trinajstić information content (AvgIpc) is 3.65. The highest BCUT2D eigenvalue weighted by molar-refractivity contribution is 6.13. The Hall–Kier alpha value is -7.89. The number of benzene rings is 8.